The van der Waals surface area contributed by atoms with E-state index in [1.807, 2.05) is 84.8 Å². The van der Waals surface area contributed by atoms with Crippen LogP contribution >= 0.6 is 0 Å². The van der Waals surface area contributed by atoms with Gasteiger partial charge in [0.15, 0.2) is 0 Å². The second-order valence-corrected chi connectivity index (χ2v) is 5.75. The number of hydrogen-bond donors (Lipinski definition) is 1. The lowest BCUT2D eigenvalue weighted by atomic mass is 10.1. The molecule has 23 heavy (non-hydrogen) atoms. The first-order chi connectivity index (χ1) is 11.2. The molecule has 1 N–H and O–H groups in total. The Hall–Kier alpha value is -2.43. The average molecular weight is 307 g/mol. The van der Waals surface area contributed by atoms with Gasteiger partial charge in [-0.25, -0.2) is 4.68 Å². The number of aliphatic hydroxyl groups is 1. The molecule has 0 aliphatic carbocycles. The number of nitrogens with zero attached hydrogens (tertiary/aromatic N) is 3. The van der Waals surface area contributed by atoms with Gasteiger partial charge in [-0.05, 0) is 24.7 Å². The number of para-hydroxylation sites is 1. The van der Waals surface area contributed by atoms with Crippen molar-refractivity contribution in [3.8, 4) is 5.69 Å². The minimum absolute atomic E-state index is 0.481. The summed E-state index contributed by atoms with van der Waals surface area (Å²) in [6.07, 6.45) is 3.42. The van der Waals surface area contributed by atoms with Crippen molar-refractivity contribution in [3.05, 3.63) is 84.2 Å². The molecule has 0 bridgehead atoms. The highest BCUT2D eigenvalue weighted by Gasteiger charge is 2.11. The number of likely N-dealkylation sites (N-methyl/N-ethyl adjacent to an activating group) is 1. The molecule has 4 nitrogen and oxygen atoms in total. The number of hydrogen-bond acceptors (Lipinski definition) is 3. The lowest BCUT2D eigenvalue weighted by Gasteiger charge is -2.20. The summed E-state index contributed by atoms with van der Waals surface area (Å²) < 4.78 is 1.87. The van der Waals surface area contributed by atoms with E-state index in [0.29, 0.717) is 6.54 Å². The number of aromatic nitrogens is 2. The Balaban J connectivity index is 1.60. The van der Waals surface area contributed by atoms with Crippen LogP contribution in [0.25, 0.3) is 5.69 Å². The fourth-order valence-corrected chi connectivity index (χ4v) is 2.62. The van der Waals surface area contributed by atoms with Gasteiger partial charge in [0.05, 0.1) is 18.0 Å². The lowest BCUT2D eigenvalue weighted by Crippen LogP contribution is -2.24. The third-order valence-corrected chi connectivity index (χ3v) is 3.78. The van der Waals surface area contributed by atoms with Crippen molar-refractivity contribution in [2.75, 3.05) is 13.6 Å². The van der Waals surface area contributed by atoms with E-state index in [1.165, 1.54) is 0 Å². The highest BCUT2D eigenvalue weighted by Crippen LogP contribution is 2.15. The van der Waals surface area contributed by atoms with Crippen molar-refractivity contribution in [2.24, 2.45) is 0 Å². The maximum Gasteiger partial charge on any atom is 0.0916 e. The summed E-state index contributed by atoms with van der Waals surface area (Å²) in [5, 5.41) is 14.7. The standard InChI is InChI=1S/C19H21N3O/c1-21(15-19(23)17-8-4-2-5-9-17)13-16-12-20-22(14-16)18-10-6-3-7-11-18/h2-12,14,19,23H,13,15H2,1H3. The van der Waals surface area contributed by atoms with Crippen molar-refractivity contribution in [1.29, 1.82) is 0 Å². The highest BCUT2D eigenvalue weighted by molar-refractivity contribution is 5.30. The normalized spacial score (nSPS) is 12.5. The van der Waals surface area contributed by atoms with E-state index < -0.39 is 6.10 Å². The molecule has 0 saturated heterocycles. The molecule has 3 aromatic rings. The van der Waals surface area contributed by atoms with Crippen LogP contribution in [0.1, 0.15) is 17.2 Å². The molecule has 0 amide bonds. The fraction of sp³-hybridized carbons (Fsp3) is 0.211. The van der Waals surface area contributed by atoms with Crippen molar-refractivity contribution in [2.45, 2.75) is 12.6 Å². The summed E-state index contributed by atoms with van der Waals surface area (Å²) in [5.74, 6) is 0. The molecule has 0 aliphatic rings. The summed E-state index contributed by atoms with van der Waals surface area (Å²) in [6.45, 7) is 1.33. The zero-order chi connectivity index (χ0) is 16.1. The predicted molar refractivity (Wildman–Crippen MR) is 91.3 cm³/mol. The van der Waals surface area contributed by atoms with Gasteiger partial charge in [-0.15, -0.1) is 0 Å². The molecule has 0 saturated carbocycles. The van der Waals surface area contributed by atoms with Gasteiger partial charge in [0.2, 0.25) is 0 Å². The van der Waals surface area contributed by atoms with Crippen LogP contribution in [0, 0.1) is 0 Å². The second kappa shape index (κ2) is 7.22. The van der Waals surface area contributed by atoms with Crippen molar-refractivity contribution in [1.82, 2.24) is 14.7 Å². The molecule has 0 radical (unpaired) electrons. The van der Waals surface area contributed by atoms with E-state index in [4.69, 9.17) is 0 Å². The van der Waals surface area contributed by atoms with Gasteiger partial charge >= 0.3 is 0 Å². The average Bonchev–Trinajstić information content (AvgIpc) is 3.04. The number of benzene rings is 2. The molecule has 3 rings (SSSR count). The summed E-state index contributed by atoms with van der Waals surface area (Å²) in [6, 6.07) is 19.8. The van der Waals surface area contributed by atoms with Crippen LogP contribution in [-0.2, 0) is 6.54 Å². The Kier molecular flexibility index (Phi) is 4.86. The zero-order valence-electron chi connectivity index (χ0n) is 13.2. The van der Waals surface area contributed by atoms with E-state index in [2.05, 4.69) is 10.00 Å². The van der Waals surface area contributed by atoms with Crippen molar-refractivity contribution >= 4 is 0 Å². The van der Waals surface area contributed by atoms with Crippen molar-refractivity contribution in [3.63, 3.8) is 0 Å². The number of rotatable bonds is 6. The molecular formula is C19H21N3O. The van der Waals surface area contributed by atoms with Crippen LogP contribution in [-0.4, -0.2) is 33.4 Å². The van der Waals surface area contributed by atoms with Gasteiger partial charge in [-0.3, -0.25) is 4.90 Å². The van der Waals surface area contributed by atoms with E-state index in [1.54, 1.807) is 0 Å². The predicted octanol–water partition coefficient (Wildman–Crippen LogP) is 3.04. The SMILES string of the molecule is CN(Cc1cnn(-c2ccccc2)c1)CC(O)c1ccccc1. The van der Waals surface area contributed by atoms with Gasteiger partial charge < -0.3 is 5.11 Å². The van der Waals surface area contributed by atoms with Gasteiger partial charge in [0, 0.05) is 24.8 Å². The van der Waals surface area contributed by atoms with Gasteiger partial charge in [-0.1, -0.05) is 48.5 Å². The lowest BCUT2D eigenvalue weighted by molar-refractivity contribution is 0.124. The minimum Gasteiger partial charge on any atom is -0.387 e. The first-order valence-corrected chi connectivity index (χ1v) is 7.73. The molecule has 4 heteroatoms. The summed E-state index contributed by atoms with van der Waals surface area (Å²) >= 11 is 0. The molecule has 1 aromatic heterocycles. The van der Waals surface area contributed by atoms with Crippen LogP contribution in [0.2, 0.25) is 0 Å². The smallest absolute Gasteiger partial charge is 0.0916 e. The fourth-order valence-electron chi connectivity index (χ4n) is 2.62. The molecule has 0 spiro atoms. The van der Waals surface area contributed by atoms with E-state index >= 15 is 0 Å². The largest absolute Gasteiger partial charge is 0.387 e. The molecule has 1 heterocycles. The molecule has 1 unspecified atom stereocenters. The molecule has 0 aliphatic heterocycles. The summed E-state index contributed by atoms with van der Waals surface area (Å²) in [5.41, 5.74) is 3.11. The van der Waals surface area contributed by atoms with E-state index in [-0.39, 0.29) is 0 Å². The molecular weight excluding hydrogens is 286 g/mol. The zero-order valence-corrected chi connectivity index (χ0v) is 13.2. The van der Waals surface area contributed by atoms with Crippen LogP contribution in [0.3, 0.4) is 0 Å². The molecule has 2 aromatic carbocycles. The number of aliphatic hydroxyl groups excluding tert-OH is 1. The summed E-state index contributed by atoms with van der Waals surface area (Å²) in [7, 11) is 2.01. The van der Waals surface area contributed by atoms with Gasteiger partial charge in [0.25, 0.3) is 0 Å². The first-order valence-electron chi connectivity index (χ1n) is 7.73. The first kappa shape index (κ1) is 15.5. The van der Waals surface area contributed by atoms with Crippen LogP contribution in [0.5, 0.6) is 0 Å². The van der Waals surface area contributed by atoms with Crippen LogP contribution in [0.4, 0.5) is 0 Å². The molecule has 0 fully saturated rings. The summed E-state index contributed by atoms with van der Waals surface area (Å²) in [4.78, 5) is 2.10. The van der Waals surface area contributed by atoms with Crippen LogP contribution in [0.15, 0.2) is 73.1 Å². The maximum atomic E-state index is 10.3. The van der Waals surface area contributed by atoms with Gasteiger partial charge in [0.1, 0.15) is 0 Å². The van der Waals surface area contributed by atoms with E-state index in [9.17, 15) is 5.11 Å². The Morgan fingerprint density at radius 2 is 1.70 bits per heavy atom. The van der Waals surface area contributed by atoms with Gasteiger partial charge in [-0.2, -0.15) is 5.10 Å². The minimum atomic E-state index is -0.481. The monoisotopic (exact) mass is 307 g/mol. The Labute approximate surface area is 136 Å². The molecule has 1 atom stereocenters. The Bertz CT molecular complexity index is 725. The molecule has 118 valence electrons. The van der Waals surface area contributed by atoms with Crippen molar-refractivity contribution < 1.29 is 5.11 Å². The third-order valence-electron chi connectivity index (χ3n) is 3.78. The Morgan fingerprint density at radius 3 is 2.39 bits per heavy atom. The second-order valence-electron chi connectivity index (χ2n) is 5.75. The maximum absolute atomic E-state index is 10.3. The highest BCUT2D eigenvalue weighted by atomic mass is 16.3. The van der Waals surface area contributed by atoms with Crippen LogP contribution < -0.4 is 0 Å². The quantitative estimate of drug-likeness (QED) is 0.761. The van der Waals surface area contributed by atoms with E-state index in [0.717, 1.165) is 23.4 Å². The topological polar surface area (TPSA) is 41.3 Å². The third kappa shape index (κ3) is 4.06. The Morgan fingerprint density at radius 1 is 1.04 bits per heavy atom.